The Balaban J connectivity index is 2.35. The first-order chi connectivity index (χ1) is 8.70. The largest absolute Gasteiger partial charge is 0.310 e. The van der Waals surface area contributed by atoms with Gasteiger partial charge in [0.05, 0.1) is 12.2 Å². The molecular formula is C13H13F2N3. The summed E-state index contributed by atoms with van der Waals surface area (Å²) < 4.78 is 26.7. The van der Waals surface area contributed by atoms with Gasteiger partial charge >= 0.3 is 0 Å². The van der Waals surface area contributed by atoms with Crippen molar-refractivity contribution >= 4 is 0 Å². The van der Waals surface area contributed by atoms with Crippen molar-refractivity contribution in [3.8, 4) is 11.3 Å². The molecule has 0 unspecified atom stereocenters. The fraction of sp³-hybridized carbons (Fsp3) is 0.231. The number of benzene rings is 1. The predicted molar refractivity (Wildman–Crippen MR) is 64.8 cm³/mol. The summed E-state index contributed by atoms with van der Waals surface area (Å²) in [5.74, 6) is -0.430. The van der Waals surface area contributed by atoms with Gasteiger partial charge in [-0.05, 0) is 30.8 Å². The zero-order chi connectivity index (χ0) is 13.0. The van der Waals surface area contributed by atoms with Crippen molar-refractivity contribution in [3.63, 3.8) is 0 Å². The van der Waals surface area contributed by atoms with Crippen LogP contribution >= 0.6 is 0 Å². The van der Waals surface area contributed by atoms with E-state index in [-0.39, 0.29) is 5.56 Å². The van der Waals surface area contributed by atoms with Crippen molar-refractivity contribution in [2.24, 2.45) is 0 Å². The highest BCUT2D eigenvalue weighted by Gasteiger charge is 2.08. The van der Waals surface area contributed by atoms with Crippen molar-refractivity contribution in [1.29, 1.82) is 0 Å². The van der Waals surface area contributed by atoms with E-state index in [1.54, 1.807) is 12.3 Å². The van der Waals surface area contributed by atoms with Crippen LogP contribution in [0.1, 0.15) is 12.7 Å². The minimum Gasteiger partial charge on any atom is -0.310 e. The van der Waals surface area contributed by atoms with Gasteiger partial charge in [-0.3, -0.25) is 0 Å². The quantitative estimate of drug-likeness (QED) is 0.904. The maximum Gasteiger partial charge on any atom is 0.142 e. The van der Waals surface area contributed by atoms with Crippen LogP contribution in [-0.2, 0) is 6.54 Å². The summed E-state index contributed by atoms with van der Waals surface area (Å²) in [6.45, 7) is 3.26. The molecule has 0 spiro atoms. The molecule has 3 nitrogen and oxygen atoms in total. The van der Waals surface area contributed by atoms with Crippen LogP contribution in [-0.4, -0.2) is 16.5 Å². The Kier molecular flexibility index (Phi) is 3.94. The SMILES string of the molecule is CCNCc1nccc(-c2cc(F)ccc2F)n1. The lowest BCUT2D eigenvalue weighted by molar-refractivity contribution is 0.602. The minimum atomic E-state index is -0.496. The molecule has 0 fully saturated rings. The maximum atomic E-state index is 13.6. The van der Waals surface area contributed by atoms with E-state index in [1.807, 2.05) is 6.92 Å². The van der Waals surface area contributed by atoms with Crippen molar-refractivity contribution in [2.75, 3.05) is 6.54 Å². The Morgan fingerprint density at radius 3 is 2.83 bits per heavy atom. The Morgan fingerprint density at radius 2 is 2.06 bits per heavy atom. The third kappa shape index (κ3) is 2.87. The summed E-state index contributed by atoms with van der Waals surface area (Å²) in [6.07, 6.45) is 1.54. The molecule has 0 amide bonds. The van der Waals surface area contributed by atoms with E-state index in [9.17, 15) is 8.78 Å². The van der Waals surface area contributed by atoms with Gasteiger partial charge in [0.1, 0.15) is 17.5 Å². The smallest absolute Gasteiger partial charge is 0.142 e. The van der Waals surface area contributed by atoms with E-state index in [0.717, 1.165) is 24.7 Å². The van der Waals surface area contributed by atoms with Gasteiger partial charge in [0.15, 0.2) is 0 Å². The fourth-order valence-corrected chi connectivity index (χ4v) is 1.56. The molecule has 1 N–H and O–H groups in total. The highest BCUT2D eigenvalue weighted by atomic mass is 19.1. The fourth-order valence-electron chi connectivity index (χ4n) is 1.56. The lowest BCUT2D eigenvalue weighted by Crippen LogP contribution is -2.14. The average Bonchev–Trinajstić information content (AvgIpc) is 2.39. The van der Waals surface area contributed by atoms with E-state index in [0.29, 0.717) is 18.1 Å². The van der Waals surface area contributed by atoms with Crippen LogP contribution in [0.2, 0.25) is 0 Å². The van der Waals surface area contributed by atoms with Crippen molar-refractivity contribution in [3.05, 3.63) is 47.9 Å². The second kappa shape index (κ2) is 5.64. The van der Waals surface area contributed by atoms with Gasteiger partial charge in [-0.2, -0.15) is 0 Å². The van der Waals surface area contributed by atoms with Crippen molar-refractivity contribution < 1.29 is 8.78 Å². The first-order valence-corrected chi connectivity index (χ1v) is 5.68. The Morgan fingerprint density at radius 1 is 1.22 bits per heavy atom. The topological polar surface area (TPSA) is 37.8 Å². The van der Waals surface area contributed by atoms with Gasteiger partial charge in [0.25, 0.3) is 0 Å². The molecule has 0 saturated heterocycles. The second-order valence-electron chi connectivity index (χ2n) is 3.76. The number of halogens is 2. The molecule has 0 aliphatic carbocycles. The molecule has 94 valence electrons. The minimum absolute atomic E-state index is 0.148. The molecule has 1 aromatic heterocycles. The van der Waals surface area contributed by atoms with Gasteiger partial charge < -0.3 is 5.32 Å². The average molecular weight is 249 g/mol. The van der Waals surface area contributed by atoms with Crippen LogP contribution in [0, 0.1) is 11.6 Å². The standard InChI is InChI=1S/C13H13F2N3/c1-2-16-8-13-17-6-5-12(18-13)10-7-9(14)3-4-11(10)15/h3-7,16H,2,8H2,1H3. The molecule has 0 aliphatic rings. The third-order valence-electron chi connectivity index (χ3n) is 2.44. The zero-order valence-electron chi connectivity index (χ0n) is 9.95. The summed E-state index contributed by atoms with van der Waals surface area (Å²) in [6, 6.07) is 4.87. The molecule has 2 aromatic rings. The first kappa shape index (κ1) is 12.6. The number of rotatable bonds is 4. The van der Waals surface area contributed by atoms with E-state index >= 15 is 0 Å². The summed E-state index contributed by atoms with van der Waals surface area (Å²) in [5, 5.41) is 3.08. The number of hydrogen-bond acceptors (Lipinski definition) is 3. The molecule has 0 atom stereocenters. The van der Waals surface area contributed by atoms with Gasteiger partial charge in [-0.1, -0.05) is 6.92 Å². The molecule has 0 bridgehead atoms. The summed E-state index contributed by atoms with van der Waals surface area (Å²) in [7, 11) is 0. The molecule has 0 radical (unpaired) electrons. The van der Waals surface area contributed by atoms with E-state index in [2.05, 4.69) is 15.3 Å². The Labute approximate surface area is 104 Å². The molecule has 0 saturated carbocycles. The second-order valence-corrected chi connectivity index (χ2v) is 3.76. The highest BCUT2D eigenvalue weighted by molar-refractivity contribution is 5.59. The number of aromatic nitrogens is 2. The summed E-state index contributed by atoms with van der Waals surface area (Å²) in [5.41, 5.74) is 0.532. The van der Waals surface area contributed by atoms with Crippen LogP contribution in [0.5, 0.6) is 0 Å². The highest BCUT2D eigenvalue weighted by Crippen LogP contribution is 2.21. The summed E-state index contributed by atoms with van der Waals surface area (Å²) in [4.78, 5) is 8.27. The molecule has 18 heavy (non-hydrogen) atoms. The van der Waals surface area contributed by atoms with Gasteiger partial charge in [-0.25, -0.2) is 18.7 Å². The normalized spacial score (nSPS) is 10.6. The summed E-state index contributed by atoms with van der Waals surface area (Å²) >= 11 is 0. The van der Waals surface area contributed by atoms with Crippen LogP contribution in [0.3, 0.4) is 0 Å². The maximum absolute atomic E-state index is 13.6. The lowest BCUT2D eigenvalue weighted by atomic mass is 10.1. The van der Waals surface area contributed by atoms with Crippen LogP contribution < -0.4 is 5.32 Å². The van der Waals surface area contributed by atoms with Gasteiger partial charge in [0.2, 0.25) is 0 Å². The molecule has 2 rings (SSSR count). The molecule has 1 aromatic carbocycles. The number of nitrogens with zero attached hydrogens (tertiary/aromatic N) is 2. The number of hydrogen-bond donors (Lipinski definition) is 1. The Hall–Kier alpha value is -1.88. The molecule has 0 aliphatic heterocycles. The molecule has 5 heteroatoms. The molecular weight excluding hydrogens is 236 g/mol. The first-order valence-electron chi connectivity index (χ1n) is 5.68. The third-order valence-corrected chi connectivity index (χ3v) is 2.44. The lowest BCUT2D eigenvalue weighted by Gasteiger charge is -2.05. The van der Waals surface area contributed by atoms with Gasteiger partial charge in [0, 0.05) is 11.8 Å². The predicted octanol–water partition coefficient (Wildman–Crippen LogP) is 2.53. The molecule has 1 heterocycles. The van der Waals surface area contributed by atoms with E-state index in [4.69, 9.17) is 0 Å². The van der Waals surface area contributed by atoms with Gasteiger partial charge in [-0.15, -0.1) is 0 Å². The van der Waals surface area contributed by atoms with Crippen LogP contribution in [0.25, 0.3) is 11.3 Å². The zero-order valence-corrected chi connectivity index (χ0v) is 9.95. The van der Waals surface area contributed by atoms with E-state index < -0.39 is 11.6 Å². The Bertz CT molecular complexity index is 544. The van der Waals surface area contributed by atoms with Crippen LogP contribution in [0.15, 0.2) is 30.5 Å². The number of nitrogens with one attached hydrogen (secondary N) is 1. The monoisotopic (exact) mass is 249 g/mol. The van der Waals surface area contributed by atoms with Crippen molar-refractivity contribution in [1.82, 2.24) is 15.3 Å². The van der Waals surface area contributed by atoms with Crippen LogP contribution in [0.4, 0.5) is 8.78 Å². The van der Waals surface area contributed by atoms with E-state index in [1.165, 1.54) is 0 Å². The van der Waals surface area contributed by atoms with Crippen molar-refractivity contribution in [2.45, 2.75) is 13.5 Å².